The zero-order valence-corrected chi connectivity index (χ0v) is 19.1. The van der Waals surface area contributed by atoms with Crippen LogP contribution in [0.2, 0.25) is 0 Å². The van der Waals surface area contributed by atoms with Crippen molar-refractivity contribution in [3.8, 4) is 5.75 Å². The van der Waals surface area contributed by atoms with E-state index in [1.54, 1.807) is 18.4 Å². The van der Waals surface area contributed by atoms with Crippen molar-refractivity contribution in [1.82, 2.24) is 15.0 Å². The summed E-state index contributed by atoms with van der Waals surface area (Å²) < 4.78 is 13.0. The molecule has 4 rings (SSSR count). The van der Waals surface area contributed by atoms with E-state index >= 15 is 0 Å². The molecule has 1 N–H and O–H groups in total. The first-order valence-corrected chi connectivity index (χ1v) is 11.1. The number of ether oxygens (including phenoxy) is 2. The minimum Gasteiger partial charge on any atom is -0.497 e. The lowest BCUT2D eigenvalue weighted by molar-refractivity contribution is 0.107. The van der Waals surface area contributed by atoms with Gasteiger partial charge < -0.3 is 14.6 Å². The molecule has 1 atom stereocenters. The van der Waals surface area contributed by atoms with E-state index in [0.29, 0.717) is 13.2 Å². The summed E-state index contributed by atoms with van der Waals surface area (Å²) >= 11 is 1.60. The van der Waals surface area contributed by atoms with Gasteiger partial charge in [0.15, 0.2) is 0 Å². The molecule has 4 aromatic rings. The van der Waals surface area contributed by atoms with E-state index in [0.717, 1.165) is 55.3 Å². The van der Waals surface area contributed by atoms with Gasteiger partial charge in [0.2, 0.25) is 0 Å². The topological polar surface area (TPSA) is 69.4 Å². The van der Waals surface area contributed by atoms with Gasteiger partial charge in [-0.05, 0) is 67.3 Å². The smallest absolute Gasteiger partial charge is 0.118 e. The highest BCUT2D eigenvalue weighted by atomic mass is 32.1. The summed E-state index contributed by atoms with van der Waals surface area (Å²) in [6.45, 7) is 7.90. The van der Waals surface area contributed by atoms with Crippen molar-refractivity contribution in [2.75, 3.05) is 7.11 Å². The van der Waals surface area contributed by atoms with Crippen LogP contribution in [-0.4, -0.2) is 27.2 Å². The van der Waals surface area contributed by atoms with Crippen LogP contribution in [0.3, 0.4) is 0 Å². The predicted octanol–water partition coefficient (Wildman–Crippen LogP) is 4.94. The number of aliphatic hydroxyl groups excluding tert-OH is 1. The Labute approximate surface area is 186 Å². The van der Waals surface area contributed by atoms with Crippen LogP contribution in [0.4, 0.5) is 0 Å². The van der Waals surface area contributed by atoms with Crippen LogP contribution in [0.5, 0.6) is 5.75 Å². The van der Waals surface area contributed by atoms with E-state index in [4.69, 9.17) is 9.47 Å². The Balaban J connectivity index is 1.47. The average Bonchev–Trinajstić information content (AvgIpc) is 3.38. The highest BCUT2D eigenvalue weighted by molar-refractivity contribution is 7.12. The Morgan fingerprint density at radius 3 is 2.58 bits per heavy atom. The summed E-state index contributed by atoms with van der Waals surface area (Å²) in [4.78, 5) is 2.06. The average molecular weight is 438 g/mol. The van der Waals surface area contributed by atoms with Gasteiger partial charge in [0, 0.05) is 16.3 Å². The SMILES string of the molecule is CCn1nnc2c(C)c(C(O)c3cc(COCc4ccc(OC)cc4)c(C)s3)ccc21. The number of hydrogen-bond acceptors (Lipinski definition) is 6. The summed E-state index contributed by atoms with van der Waals surface area (Å²) in [6, 6.07) is 13.9. The van der Waals surface area contributed by atoms with Crippen molar-refractivity contribution >= 4 is 22.4 Å². The van der Waals surface area contributed by atoms with E-state index < -0.39 is 6.10 Å². The Bertz CT molecular complexity index is 1180. The van der Waals surface area contributed by atoms with E-state index in [1.807, 2.05) is 61.0 Å². The van der Waals surface area contributed by atoms with Gasteiger partial charge >= 0.3 is 0 Å². The first-order chi connectivity index (χ1) is 15.0. The molecule has 0 saturated carbocycles. The van der Waals surface area contributed by atoms with Crippen molar-refractivity contribution in [1.29, 1.82) is 0 Å². The minimum atomic E-state index is -0.699. The van der Waals surface area contributed by atoms with Crippen molar-refractivity contribution in [2.45, 2.75) is 46.6 Å². The van der Waals surface area contributed by atoms with Gasteiger partial charge in [-0.1, -0.05) is 23.4 Å². The Morgan fingerprint density at radius 1 is 1.10 bits per heavy atom. The number of fused-ring (bicyclic) bond motifs is 1. The quantitative estimate of drug-likeness (QED) is 0.423. The molecule has 0 saturated heterocycles. The molecule has 0 spiro atoms. The third-order valence-corrected chi connectivity index (χ3v) is 6.72. The third-order valence-electron chi connectivity index (χ3n) is 5.57. The number of thiophene rings is 1. The van der Waals surface area contributed by atoms with Crippen LogP contribution in [-0.2, 0) is 24.5 Å². The summed E-state index contributed by atoms with van der Waals surface area (Å²) in [5, 5.41) is 19.6. The molecule has 0 amide bonds. The van der Waals surface area contributed by atoms with Gasteiger partial charge in [0.05, 0.1) is 25.8 Å². The normalized spacial score (nSPS) is 12.4. The fraction of sp³-hybridized carbons (Fsp3) is 0.333. The maximum absolute atomic E-state index is 11.1. The molecule has 2 aromatic carbocycles. The second-order valence-electron chi connectivity index (χ2n) is 7.53. The molecule has 0 aliphatic heterocycles. The molecular formula is C24H27N3O3S. The predicted molar refractivity (Wildman–Crippen MR) is 123 cm³/mol. The fourth-order valence-corrected chi connectivity index (χ4v) is 4.73. The van der Waals surface area contributed by atoms with Gasteiger partial charge in [0.1, 0.15) is 17.4 Å². The van der Waals surface area contributed by atoms with Crippen LogP contribution < -0.4 is 4.74 Å². The largest absolute Gasteiger partial charge is 0.497 e. The second-order valence-corrected chi connectivity index (χ2v) is 8.81. The van der Waals surface area contributed by atoms with Crippen LogP contribution in [0.25, 0.3) is 11.0 Å². The Hall–Kier alpha value is -2.74. The molecule has 0 bridgehead atoms. The van der Waals surface area contributed by atoms with Gasteiger partial charge in [-0.3, -0.25) is 0 Å². The monoisotopic (exact) mass is 437 g/mol. The molecule has 0 aliphatic rings. The first kappa shape index (κ1) is 21.5. The number of nitrogens with zero attached hydrogens (tertiary/aromatic N) is 3. The van der Waals surface area contributed by atoms with Gasteiger partial charge in [-0.2, -0.15) is 0 Å². The molecule has 2 heterocycles. The molecule has 162 valence electrons. The minimum absolute atomic E-state index is 0.504. The zero-order chi connectivity index (χ0) is 22.0. The molecule has 1 unspecified atom stereocenters. The van der Waals surface area contributed by atoms with Crippen LogP contribution >= 0.6 is 11.3 Å². The Morgan fingerprint density at radius 2 is 1.87 bits per heavy atom. The molecular weight excluding hydrogens is 410 g/mol. The number of aromatic nitrogens is 3. The Kier molecular flexibility index (Phi) is 6.36. The number of benzene rings is 2. The molecule has 2 aromatic heterocycles. The van der Waals surface area contributed by atoms with Crippen LogP contribution in [0.15, 0.2) is 42.5 Å². The summed E-state index contributed by atoms with van der Waals surface area (Å²) in [7, 11) is 1.66. The van der Waals surface area contributed by atoms with Crippen LogP contribution in [0, 0.1) is 13.8 Å². The highest BCUT2D eigenvalue weighted by Gasteiger charge is 2.20. The standard InChI is InChI=1S/C24H27N3O3S/c1-5-27-21-11-10-20(15(2)23(21)25-26-27)24(28)22-12-18(16(3)31-22)14-30-13-17-6-8-19(29-4)9-7-17/h6-12,24,28H,5,13-14H2,1-4H3. The number of hydrogen-bond donors (Lipinski definition) is 1. The van der Waals surface area contributed by atoms with Gasteiger partial charge in [-0.15, -0.1) is 16.4 Å². The molecule has 31 heavy (non-hydrogen) atoms. The summed E-state index contributed by atoms with van der Waals surface area (Å²) in [5.41, 5.74) is 5.86. The van der Waals surface area contributed by atoms with E-state index in [1.165, 1.54) is 0 Å². The van der Waals surface area contributed by atoms with Crippen molar-refractivity contribution in [3.05, 3.63) is 74.5 Å². The third kappa shape index (κ3) is 4.35. The number of aliphatic hydroxyl groups is 1. The fourth-order valence-electron chi connectivity index (χ4n) is 3.69. The lowest BCUT2D eigenvalue weighted by Gasteiger charge is -2.12. The lowest BCUT2D eigenvalue weighted by Crippen LogP contribution is -2.01. The second kappa shape index (κ2) is 9.18. The number of aryl methyl sites for hydroxylation is 3. The molecule has 7 heteroatoms. The molecule has 0 radical (unpaired) electrons. The van der Waals surface area contributed by atoms with Crippen LogP contribution in [0.1, 0.15) is 45.0 Å². The maximum Gasteiger partial charge on any atom is 0.118 e. The highest BCUT2D eigenvalue weighted by Crippen LogP contribution is 2.34. The van der Waals surface area contributed by atoms with E-state index in [9.17, 15) is 5.11 Å². The molecule has 6 nitrogen and oxygen atoms in total. The summed E-state index contributed by atoms with van der Waals surface area (Å²) in [5.74, 6) is 0.835. The van der Waals surface area contributed by atoms with Gasteiger partial charge in [0.25, 0.3) is 0 Å². The summed E-state index contributed by atoms with van der Waals surface area (Å²) in [6.07, 6.45) is -0.699. The maximum atomic E-state index is 11.1. The van der Waals surface area contributed by atoms with Gasteiger partial charge in [-0.25, -0.2) is 4.68 Å². The number of methoxy groups -OCH3 is 1. The molecule has 0 fully saturated rings. The van der Waals surface area contributed by atoms with Crippen molar-refractivity contribution < 1.29 is 14.6 Å². The molecule has 0 aliphatic carbocycles. The van der Waals surface area contributed by atoms with Crippen molar-refractivity contribution in [3.63, 3.8) is 0 Å². The first-order valence-electron chi connectivity index (χ1n) is 10.3. The van der Waals surface area contributed by atoms with E-state index in [2.05, 4.69) is 17.2 Å². The number of rotatable bonds is 8. The van der Waals surface area contributed by atoms with Crippen molar-refractivity contribution in [2.24, 2.45) is 0 Å². The zero-order valence-electron chi connectivity index (χ0n) is 18.3. The lowest BCUT2D eigenvalue weighted by atomic mass is 10.0. The van der Waals surface area contributed by atoms with E-state index in [-0.39, 0.29) is 0 Å².